The Labute approximate surface area is 170 Å². The van der Waals surface area contributed by atoms with E-state index in [1.54, 1.807) is 13.3 Å². The molecule has 1 aliphatic heterocycles. The van der Waals surface area contributed by atoms with Crippen molar-refractivity contribution in [2.24, 2.45) is 0 Å². The van der Waals surface area contributed by atoms with Crippen LogP contribution in [0.3, 0.4) is 0 Å². The zero-order chi connectivity index (χ0) is 20.1. The van der Waals surface area contributed by atoms with Gasteiger partial charge in [0.2, 0.25) is 5.95 Å². The summed E-state index contributed by atoms with van der Waals surface area (Å²) in [6, 6.07) is 19.5. The first-order valence-electron chi connectivity index (χ1n) is 9.81. The molecule has 29 heavy (non-hydrogen) atoms. The fourth-order valence-corrected chi connectivity index (χ4v) is 3.52. The number of nitrogens with one attached hydrogen (secondary N) is 1. The number of carbonyl (C=O) groups excluding carboxylic acids is 1. The van der Waals surface area contributed by atoms with E-state index in [0.29, 0.717) is 24.6 Å². The topological polar surface area (TPSA) is 67.3 Å². The van der Waals surface area contributed by atoms with E-state index in [-0.39, 0.29) is 11.9 Å². The Kier molecular flexibility index (Phi) is 5.70. The van der Waals surface area contributed by atoms with Crippen LogP contribution in [0.4, 0.5) is 5.95 Å². The smallest absolute Gasteiger partial charge is 0.253 e. The number of methoxy groups -OCH3 is 1. The monoisotopic (exact) mass is 388 g/mol. The van der Waals surface area contributed by atoms with Crippen molar-refractivity contribution in [1.29, 1.82) is 0 Å². The molecule has 2 heterocycles. The number of hydrogen-bond donors (Lipinski definition) is 1. The van der Waals surface area contributed by atoms with E-state index in [2.05, 4.69) is 15.3 Å². The van der Waals surface area contributed by atoms with Gasteiger partial charge in [-0.1, -0.05) is 30.3 Å². The van der Waals surface area contributed by atoms with Crippen molar-refractivity contribution in [3.05, 3.63) is 72.4 Å². The Hall–Kier alpha value is -3.41. The van der Waals surface area contributed by atoms with E-state index in [1.807, 2.05) is 65.6 Å². The molecule has 0 radical (unpaired) electrons. The van der Waals surface area contributed by atoms with Crippen molar-refractivity contribution >= 4 is 11.9 Å². The predicted molar refractivity (Wildman–Crippen MR) is 113 cm³/mol. The van der Waals surface area contributed by atoms with Gasteiger partial charge in [-0.2, -0.15) is 0 Å². The van der Waals surface area contributed by atoms with Gasteiger partial charge >= 0.3 is 0 Å². The van der Waals surface area contributed by atoms with E-state index in [1.165, 1.54) is 0 Å². The van der Waals surface area contributed by atoms with Crippen molar-refractivity contribution in [3.8, 4) is 17.0 Å². The number of benzene rings is 2. The molecule has 0 bridgehead atoms. The zero-order valence-electron chi connectivity index (χ0n) is 16.4. The van der Waals surface area contributed by atoms with Crippen molar-refractivity contribution in [2.75, 3.05) is 25.5 Å². The normalized spacial score (nSPS) is 14.4. The third kappa shape index (κ3) is 4.54. The van der Waals surface area contributed by atoms with Gasteiger partial charge in [-0.3, -0.25) is 4.79 Å². The number of amides is 1. The molecule has 2 aromatic carbocycles. The maximum absolute atomic E-state index is 12.7. The second-order valence-electron chi connectivity index (χ2n) is 7.07. The van der Waals surface area contributed by atoms with Crippen LogP contribution in [0, 0.1) is 0 Å². The fraction of sp³-hybridized carbons (Fsp3) is 0.261. The second-order valence-corrected chi connectivity index (χ2v) is 7.07. The minimum atomic E-state index is 0.0634. The SMILES string of the molecule is COc1ccc(C(=O)N2CCC(Nc3nccc(-c4ccccc4)n3)CC2)cc1. The van der Waals surface area contributed by atoms with Crippen LogP contribution in [-0.2, 0) is 0 Å². The Morgan fingerprint density at radius 3 is 2.45 bits per heavy atom. The summed E-state index contributed by atoms with van der Waals surface area (Å²) in [5, 5.41) is 3.43. The van der Waals surface area contributed by atoms with Gasteiger partial charge in [-0.15, -0.1) is 0 Å². The Bertz CT molecular complexity index is 952. The molecule has 1 saturated heterocycles. The minimum Gasteiger partial charge on any atom is -0.497 e. The van der Waals surface area contributed by atoms with Crippen LogP contribution >= 0.6 is 0 Å². The zero-order valence-corrected chi connectivity index (χ0v) is 16.4. The van der Waals surface area contributed by atoms with Crippen molar-refractivity contribution < 1.29 is 9.53 Å². The quantitative estimate of drug-likeness (QED) is 0.719. The lowest BCUT2D eigenvalue weighted by Gasteiger charge is -2.32. The van der Waals surface area contributed by atoms with Gasteiger partial charge in [0.1, 0.15) is 5.75 Å². The number of piperidine rings is 1. The van der Waals surface area contributed by atoms with E-state index in [9.17, 15) is 4.79 Å². The summed E-state index contributed by atoms with van der Waals surface area (Å²) in [5.41, 5.74) is 2.66. The molecule has 0 spiro atoms. The molecule has 0 unspecified atom stereocenters. The van der Waals surface area contributed by atoms with Gasteiger partial charge in [0.25, 0.3) is 5.91 Å². The van der Waals surface area contributed by atoms with Crippen LogP contribution in [0.1, 0.15) is 23.2 Å². The summed E-state index contributed by atoms with van der Waals surface area (Å²) in [4.78, 5) is 23.6. The third-order valence-corrected chi connectivity index (χ3v) is 5.18. The van der Waals surface area contributed by atoms with Gasteiger partial charge in [-0.25, -0.2) is 9.97 Å². The second kappa shape index (κ2) is 8.73. The third-order valence-electron chi connectivity index (χ3n) is 5.18. The largest absolute Gasteiger partial charge is 0.497 e. The van der Waals surface area contributed by atoms with Crippen molar-refractivity contribution in [1.82, 2.24) is 14.9 Å². The number of rotatable bonds is 5. The van der Waals surface area contributed by atoms with Gasteiger partial charge in [0, 0.05) is 36.5 Å². The number of anilines is 1. The van der Waals surface area contributed by atoms with Crippen LogP contribution in [0.5, 0.6) is 5.75 Å². The van der Waals surface area contributed by atoms with Crippen LogP contribution in [0.15, 0.2) is 66.9 Å². The molecule has 0 saturated carbocycles. The molecule has 0 aliphatic carbocycles. The van der Waals surface area contributed by atoms with Gasteiger partial charge in [-0.05, 0) is 43.2 Å². The highest BCUT2D eigenvalue weighted by Crippen LogP contribution is 2.20. The molecular weight excluding hydrogens is 364 g/mol. The van der Waals surface area contributed by atoms with Crippen LogP contribution in [-0.4, -0.2) is 47.0 Å². The number of carbonyl (C=O) groups is 1. The Morgan fingerprint density at radius 2 is 1.76 bits per heavy atom. The highest BCUT2D eigenvalue weighted by atomic mass is 16.5. The summed E-state index contributed by atoms with van der Waals surface area (Å²) in [6.45, 7) is 1.42. The summed E-state index contributed by atoms with van der Waals surface area (Å²) in [7, 11) is 1.62. The van der Waals surface area contributed by atoms with E-state index in [4.69, 9.17) is 4.74 Å². The number of aromatic nitrogens is 2. The first-order valence-corrected chi connectivity index (χ1v) is 9.81. The molecule has 3 aromatic rings. The molecule has 148 valence electrons. The summed E-state index contributed by atoms with van der Waals surface area (Å²) in [5.74, 6) is 1.45. The molecule has 1 aromatic heterocycles. The highest BCUT2D eigenvalue weighted by molar-refractivity contribution is 5.94. The highest BCUT2D eigenvalue weighted by Gasteiger charge is 2.24. The first kappa shape index (κ1) is 18.9. The molecule has 4 rings (SSSR count). The van der Waals surface area contributed by atoms with Gasteiger partial charge in [0.15, 0.2) is 0 Å². The van der Waals surface area contributed by atoms with Crippen molar-refractivity contribution in [2.45, 2.75) is 18.9 Å². The number of ether oxygens (including phenoxy) is 1. The van der Waals surface area contributed by atoms with Crippen LogP contribution in [0.25, 0.3) is 11.3 Å². The summed E-state index contributed by atoms with van der Waals surface area (Å²) in [6.07, 6.45) is 3.50. The molecule has 6 heteroatoms. The average molecular weight is 388 g/mol. The maximum Gasteiger partial charge on any atom is 0.253 e. The summed E-state index contributed by atoms with van der Waals surface area (Å²) < 4.78 is 5.16. The van der Waals surface area contributed by atoms with E-state index >= 15 is 0 Å². The predicted octanol–water partition coefficient (Wildman–Crippen LogP) is 3.87. The van der Waals surface area contributed by atoms with E-state index in [0.717, 1.165) is 29.8 Å². The van der Waals surface area contributed by atoms with Gasteiger partial charge < -0.3 is 15.0 Å². The lowest BCUT2D eigenvalue weighted by atomic mass is 10.0. The minimum absolute atomic E-state index is 0.0634. The van der Waals surface area contributed by atoms with Crippen molar-refractivity contribution in [3.63, 3.8) is 0 Å². The number of likely N-dealkylation sites (tertiary alicyclic amines) is 1. The molecule has 1 fully saturated rings. The molecule has 0 atom stereocenters. The summed E-state index contributed by atoms with van der Waals surface area (Å²) >= 11 is 0. The number of nitrogens with zero attached hydrogens (tertiary/aromatic N) is 3. The molecule has 1 aliphatic rings. The maximum atomic E-state index is 12.7. The molecule has 6 nitrogen and oxygen atoms in total. The Balaban J connectivity index is 1.35. The average Bonchev–Trinajstić information content (AvgIpc) is 2.80. The fourth-order valence-electron chi connectivity index (χ4n) is 3.52. The Morgan fingerprint density at radius 1 is 1.03 bits per heavy atom. The lowest BCUT2D eigenvalue weighted by Crippen LogP contribution is -2.42. The first-order chi connectivity index (χ1) is 14.2. The molecular formula is C23H24N4O2. The molecule has 1 amide bonds. The van der Waals surface area contributed by atoms with Crippen LogP contribution in [0.2, 0.25) is 0 Å². The van der Waals surface area contributed by atoms with E-state index < -0.39 is 0 Å². The standard InChI is InChI=1S/C23H24N4O2/c1-29-20-9-7-18(8-10-20)22(28)27-15-12-19(13-16-27)25-23-24-14-11-21(26-23)17-5-3-2-4-6-17/h2-11,14,19H,12-13,15-16H2,1H3,(H,24,25,26). The van der Waals surface area contributed by atoms with Gasteiger partial charge in [0.05, 0.1) is 12.8 Å². The lowest BCUT2D eigenvalue weighted by molar-refractivity contribution is 0.0718. The number of hydrogen-bond acceptors (Lipinski definition) is 5. The van der Waals surface area contributed by atoms with Crippen LogP contribution < -0.4 is 10.1 Å². The molecule has 1 N–H and O–H groups in total.